The van der Waals surface area contributed by atoms with Crippen molar-refractivity contribution < 1.29 is 34.1 Å². The van der Waals surface area contributed by atoms with Gasteiger partial charge in [-0.15, -0.1) is 26.3 Å². The Kier molecular flexibility index (Phi) is 22.8. The Labute approximate surface area is 567 Å². The van der Waals surface area contributed by atoms with Gasteiger partial charge in [0.2, 0.25) is 0 Å². The second-order valence-electron chi connectivity index (χ2n) is 24.9. The van der Waals surface area contributed by atoms with Gasteiger partial charge in [-0.1, -0.05) is 106 Å². The summed E-state index contributed by atoms with van der Waals surface area (Å²) in [5.41, 5.74) is 35.2. The molecule has 0 unspecified atom stereocenters. The molecule has 0 aliphatic rings. The van der Waals surface area contributed by atoms with Gasteiger partial charge in [0.1, 0.15) is 0 Å². The number of nitrogens with zero attached hydrogens (tertiary/aromatic N) is 12. The zero-order valence-electron chi connectivity index (χ0n) is 57.1. The molecule has 0 radical (unpaired) electrons. The number of aryl methyl sites for hydroxylation is 18. The van der Waals surface area contributed by atoms with Crippen LogP contribution in [0.1, 0.15) is 100 Å². The van der Waals surface area contributed by atoms with E-state index in [0.717, 1.165) is 34.2 Å². The summed E-state index contributed by atoms with van der Waals surface area (Å²) >= 11 is 0. The number of hydrogen-bond donors (Lipinski definition) is 0. The molecule has 12 aromatic rings. The van der Waals surface area contributed by atoms with Gasteiger partial charge in [0.25, 0.3) is 0 Å². The van der Waals surface area contributed by atoms with Gasteiger partial charge >= 0.3 is 48.4 Å². The van der Waals surface area contributed by atoms with Crippen LogP contribution in [0.4, 0.5) is 0 Å². The fourth-order valence-corrected chi connectivity index (χ4v) is 14.3. The first kappa shape index (κ1) is 70.7. The molecule has 480 valence electrons. The van der Waals surface area contributed by atoms with Crippen LogP contribution in [0.3, 0.4) is 0 Å². The van der Waals surface area contributed by atoms with Crippen molar-refractivity contribution >= 4 is 14.2 Å². The van der Waals surface area contributed by atoms with Crippen LogP contribution in [-0.4, -0.2) is 72.4 Å². The maximum absolute atomic E-state index is 5.17. The van der Waals surface area contributed by atoms with Crippen LogP contribution in [-0.2, 0) is 34.1 Å². The van der Waals surface area contributed by atoms with Gasteiger partial charge < -0.3 is 27.6 Å². The molecule has 92 heavy (non-hydrogen) atoms. The third kappa shape index (κ3) is 14.6. The van der Waals surface area contributed by atoms with E-state index in [1.54, 1.807) is 0 Å². The zero-order valence-corrected chi connectivity index (χ0v) is 59.0. The molecule has 0 saturated heterocycles. The first-order chi connectivity index (χ1) is 43.0. The summed E-state index contributed by atoms with van der Waals surface area (Å²) < 4.78 is 12.3. The Morgan fingerprint density at radius 3 is 0.435 bits per heavy atom. The zero-order chi connectivity index (χ0) is 65.2. The van der Waals surface area contributed by atoms with Crippen molar-refractivity contribution in [2.75, 3.05) is 0 Å². The van der Waals surface area contributed by atoms with E-state index in [2.05, 4.69) is 297 Å². The monoisotopic (exact) mass is 1320 g/mol. The molecule has 16 heteroatoms. The predicted octanol–water partition coefficient (Wildman–Crippen LogP) is 17.0. The Hall–Kier alpha value is -8.77. The van der Waals surface area contributed by atoms with Gasteiger partial charge in [0.15, 0.2) is 0 Å². The molecule has 0 N–H and O–H groups in total. The maximum Gasteiger partial charge on any atom is 1.00 e. The smallest absolute Gasteiger partial charge is 0.402 e. The van der Waals surface area contributed by atoms with Crippen LogP contribution in [0, 0.1) is 125 Å². The molecular formula is C76H88B2Cu2N12. The largest absolute Gasteiger partial charge is 1.00 e. The molecule has 12 nitrogen and oxygen atoms in total. The Balaban J connectivity index is 0.000000243. The van der Waals surface area contributed by atoms with E-state index < -0.39 is 14.2 Å². The van der Waals surface area contributed by atoms with Crippen LogP contribution in [0.25, 0.3) is 67.5 Å². The van der Waals surface area contributed by atoms with Gasteiger partial charge in [0, 0.05) is 33.4 Å². The van der Waals surface area contributed by atoms with Crippen molar-refractivity contribution in [1.29, 1.82) is 0 Å². The Morgan fingerprint density at radius 2 is 0.326 bits per heavy atom. The Bertz CT molecular complexity index is 3720. The third-order valence-corrected chi connectivity index (χ3v) is 17.2. The first-order valence-electron chi connectivity index (χ1n) is 31.1. The number of rotatable bonds is 12. The molecule has 0 aliphatic heterocycles. The normalized spacial score (nSPS) is 10.9. The summed E-state index contributed by atoms with van der Waals surface area (Å²) in [6.45, 7) is 50.8. The van der Waals surface area contributed by atoms with Crippen LogP contribution in [0.2, 0.25) is 0 Å². The van der Waals surface area contributed by atoms with Crippen molar-refractivity contribution in [3.05, 3.63) is 273 Å². The van der Waals surface area contributed by atoms with E-state index in [4.69, 9.17) is 30.6 Å². The minimum Gasteiger partial charge on any atom is -0.402 e. The SMILES string of the molecule is C=C.C=C.Cc1cc(C)c(-c2ccn([BH-](n3ccc(-c4c(C)cc(C)cc4C)n3)n3ccc(-c4c(C)cc(C)cc4C)n3)n2)c(C)c1.Cc1cc(C)c(-c2ccn([BH-](n3ccc(-c4c(C)cc(C)cc4C)n3)n3ccc(-c4c(C)cc(C)cc4C)n3)n2)c(C)c1.[Cu+].[Cu+]. The molecule has 6 aromatic carbocycles. The number of hydrogen-bond acceptors (Lipinski definition) is 6. The second-order valence-corrected chi connectivity index (χ2v) is 24.9. The van der Waals surface area contributed by atoms with Gasteiger partial charge in [-0.2, -0.15) is 0 Å². The van der Waals surface area contributed by atoms with Gasteiger partial charge in [0.05, 0.1) is 34.2 Å². The van der Waals surface area contributed by atoms with E-state index in [0.29, 0.717) is 0 Å². The van der Waals surface area contributed by atoms with Gasteiger partial charge in [-0.05, 0) is 265 Å². The van der Waals surface area contributed by atoms with Crippen LogP contribution in [0.15, 0.2) is 173 Å². The average molecular weight is 1320 g/mol. The second kappa shape index (κ2) is 29.7. The molecule has 6 heterocycles. The van der Waals surface area contributed by atoms with Crippen LogP contribution < -0.4 is 0 Å². The summed E-state index contributed by atoms with van der Waals surface area (Å²) in [4.78, 5) is 0. The number of aromatic nitrogens is 12. The van der Waals surface area contributed by atoms with E-state index in [9.17, 15) is 0 Å². The molecule has 12 rings (SSSR count). The Morgan fingerprint density at radius 1 is 0.217 bits per heavy atom. The molecule has 0 amide bonds. The van der Waals surface area contributed by atoms with E-state index in [1.807, 2.05) is 27.6 Å². The topological polar surface area (TPSA) is 107 Å². The van der Waals surface area contributed by atoms with Crippen LogP contribution in [0.5, 0.6) is 0 Å². The summed E-state index contributed by atoms with van der Waals surface area (Å²) in [5.74, 6) is 0. The third-order valence-electron chi connectivity index (χ3n) is 17.2. The molecule has 6 aromatic heterocycles. The average Bonchev–Trinajstić information content (AvgIpc) is 1.81. The van der Waals surface area contributed by atoms with E-state index in [-0.39, 0.29) is 34.1 Å². The molecule has 0 saturated carbocycles. The van der Waals surface area contributed by atoms with Gasteiger partial charge in [-0.3, -0.25) is 0 Å². The van der Waals surface area contributed by atoms with E-state index >= 15 is 0 Å². The molecule has 0 fully saturated rings. The maximum atomic E-state index is 5.17. The summed E-state index contributed by atoms with van der Waals surface area (Å²) in [6.07, 6.45) is 12.4. The van der Waals surface area contributed by atoms with Crippen molar-refractivity contribution in [2.24, 2.45) is 0 Å². The summed E-state index contributed by atoms with van der Waals surface area (Å²) in [5, 5.41) is 31.0. The quantitative estimate of drug-likeness (QED) is 0.0891. The standard InChI is InChI=1S/2C36H40BN6.2C2H4.2Cu/c2*1-22-16-25(4)34(26(5)17-22)31-10-13-41(38-31)37(42-14-11-32(39-42)35-27(6)18-23(2)19-28(35)7)43-15-12-33(40-43)36-29(8)20-24(3)21-30(36)9;2*1-2;;/h2*10-21,37H,1-9H3;2*1-2H2;;/q2*-1;;;2*+1. The minimum absolute atomic E-state index is 0. The summed E-state index contributed by atoms with van der Waals surface area (Å²) in [6, 6.07) is 39.4. The van der Waals surface area contributed by atoms with Gasteiger partial charge in [-0.25, -0.2) is 30.6 Å². The van der Waals surface area contributed by atoms with Crippen molar-refractivity contribution in [2.45, 2.75) is 125 Å². The first-order valence-corrected chi connectivity index (χ1v) is 31.1. The summed E-state index contributed by atoms with van der Waals surface area (Å²) in [7, 11) is -3.13. The molecule has 0 aliphatic carbocycles. The fourth-order valence-electron chi connectivity index (χ4n) is 14.3. The molecule has 0 spiro atoms. The predicted molar refractivity (Wildman–Crippen MR) is 380 cm³/mol. The van der Waals surface area contributed by atoms with Crippen molar-refractivity contribution in [3.8, 4) is 67.5 Å². The van der Waals surface area contributed by atoms with Crippen molar-refractivity contribution in [1.82, 2.24) is 58.1 Å². The molecule has 0 atom stereocenters. The van der Waals surface area contributed by atoms with E-state index in [1.165, 1.54) is 134 Å². The number of benzene rings is 6. The minimum atomic E-state index is -1.57. The molecular weight excluding hydrogens is 1230 g/mol. The van der Waals surface area contributed by atoms with Crippen molar-refractivity contribution in [3.63, 3.8) is 0 Å². The molecule has 0 bridgehead atoms. The fraction of sp³-hybridized carbons (Fsp3) is 0.237. The van der Waals surface area contributed by atoms with Crippen LogP contribution >= 0.6 is 0 Å².